The van der Waals surface area contributed by atoms with Gasteiger partial charge in [0.25, 0.3) is 5.91 Å². The molecule has 0 aromatic heterocycles. The lowest BCUT2D eigenvalue weighted by molar-refractivity contribution is -0.124. The van der Waals surface area contributed by atoms with Crippen LogP contribution >= 0.6 is 0 Å². The first kappa shape index (κ1) is 15.8. The molecule has 1 aromatic carbocycles. The minimum atomic E-state index is -0.102. The van der Waals surface area contributed by atoms with Crippen molar-refractivity contribution < 1.29 is 14.3 Å². The second kappa shape index (κ2) is 7.43. The molecule has 0 atom stereocenters. The van der Waals surface area contributed by atoms with Gasteiger partial charge in [-0.3, -0.25) is 4.79 Å². The maximum absolute atomic E-state index is 11.9. The smallest absolute Gasteiger partial charge is 0.257 e. The number of amides is 1. The van der Waals surface area contributed by atoms with Crippen LogP contribution in [-0.4, -0.2) is 32.3 Å². The van der Waals surface area contributed by atoms with Gasteiger partial charge in [-0.1, -0.05) is 25.1 Å². The van der Waals surface area contributed by atoms with Gasteiger partial charge in [0.15, 0.2) is 6.61 Å². The third-order valence-corrected chi connectivity index (χ3v) is 3.96. The molecular weight excluding hydrogens is 268 g/mol. The second-order valence-electron chi connectivity index (χ2n) is 5.80. The molecule has 0 spiro atoms. The summed E-state index contributed by atoms with van der Waals surface area (Å²) in [6.45, 7) is 4.80. The molecule has 1 aliphatic heterocycles. The number of carbonyl (C=O) groups excluding carboxylic acids is 1. The molecule has 1 saturated heterocycles. The third-order valence-electron chi connectivity index (χ3n) is 3.96. The van der Waals surface area contributed by atoms with Gasteiger partial charge in [-0.25, -0.2) is 0 Å². The summed E-state index contributed by atoms with van der Waals surface area (Å²) in [5.41, 5.74) is 6.67. The Morgan fingerprint density at radius 2 is 2.10 bits per heavy atom. The lowest BCUT2D eigenvalue weighted by Gasteiger charge is -2.33. The summed E-state index contributed by atoms with van der Waals surface area (Å²) >= 11 is 0. The van der Waals surface area contributed by atoms with E-state index in [-0.39, 0.29) is 17.9 Å². The van der Waals surface area contributed by atoms with Crippen LogP contribution in [0.2, 0.25) is 0 Å². The summed E-state index contributed by atoms with van der Waals surface area (Å²) in [7, 11) is 0. The van der Waals surface area contributed by atoms with E-state index in [0.29, 0.717) is 18.8 Å². The molecule has 3 N–H and O–H groups in total. The van der Waals surface area contributed by atoms with Crippen molar-refractivity contribution in [1.29, 1.82) is 0 Å². The summed E-state index contributed by atoms with van der Waals surface area (Å²) in [5, 5.41) is 2.95. The predicted molar refractivity (Wildman–Crippen MR) is 81.0 cm³/mol. The Kier molecular flexibility index (Phi) is 5.59. The molecule has 0 aliphatic carbocycles. The monoisotopic (exact) mass is 292 g/mol. The number of rotatable bonds is 6. The normalized spacial score (nSPS) is 17.2. The average molecular weight is 292 g/mol. The summed E-state index contributed by atoms with van der Waals surface area (Å²) in [5.74, 6) is 0.571. The Balaban J connectivity index is 1.77. The van der Waals surface area contributed by atoms with Gasteiger partial charge in [-0.2, -0.15) is 0 Å². The van der Waals surface area contributed by atoms with Crippen molar-refractivity contribution in [3.8, 4) is 5.75 Å². The molecule has 1 fully saturated rings. The zero-order chi connectivity index (χ0) is 15.1. The number of hydrogen-bond donors (Lipinski definition) is 2. The first-order chi connectivity index (χ1) is 10.1. The van der Waals surface area contributed by atoms with Crippen molar-refractivity contribution in [2.45, 2.75) is 26.3 Å². The van der Waals surface area contributed by atoms with E-state index in [9.17, 15) is 4.79 Å². The molecule has 5 heteroatoms. The van der Waals surface area contributed by atoms with Gasteiger partial charge in [0.2, 0.25) is 0 Å². The van der Waals surface area contributed by atoms with Crippen LogP contribution in [0, 0.1) is 5.41 Å². The molecule has 2 rings (SSSR count). The number of benzene rings is 1. The van der Waals surface area contributed by atoms with Gasteiger partial charge in [0.1, 0.15) is 5.75 Å². The topological polar surface area (TPSA) is 73.6 Å². The average Bonchev–Trinajstić information content (AvgIpc) is 2.52. The molecule has 116 valence electrons. The minimum Gasteiger partial charge on any atom is -0.483 e. The molecule has 0 radical (unpaired) electrons. The SMILES string of the molecule is CC1(CNC(=O)COc2ccccc2CN)CCOCC1. The van der Waals surface area contributed by atoms with E-state index in [1.807, 2.05) is 24.3 Å². The van der Waals surface area contributed by atoms with Crippen molar-refractivity contribution in [1.82, 2.24) is 5.32 Å². The molecule has 1 amide bonds. The fraction of sp³-hybridized carbons (Fsp3) is 0.562. The summed E-state index contributed by atoms with van der Waals surface area (Å²) in [4.78, 5) is 11.9. The zero-order valence-electron chi connectivity index (χ0n) is 12.6. The fourth-order valence-electron chi connectivity index (χ4n) is 2.36. The van der Waals surface area contributed by atoms with Crippen LogP contribution < -0.4 is 15.8 Å². The number of ether oxygens (including phenoxy) is 2. The van der Waals surface area contributed by atoms with Crippen molar-refractivity contribution in [3.05, 3.63) is 29.8 Å². The van der Waals surface area contributed by atoms with Gasteiger partial charge in [-0.15, -0.1) is 0 Å². The van der Waals surface area contributed by atoms with E-state index in [1.165, 1.54) is 0 Å². The van der Waals surface area contributed by atoms with Crippen LogP contribution in [0.4, 0.5) is 0 Å². The molecule has 1 aliphatic rings. The van der Waals surface area contributed by atoms with E-state index in [1.54, 1.807) is 0 Å². The van der Waals surface area contributed by atoms with Gasteiger partial charge in [-0.05, 0) is 24.3 Å². The Bertz CT molecular complexity index is 470. The van der Waals surface area contributed by atoms with Crippen LogP contribution in [0.1, 0.15) is 25.3 Å². The number of nitrogens with one attached hydrogen (secondary N) is 1. The molecule has 1 heterocycles. The van der Waals surface area contributed by atoms with Gasteiger partial charge in [0, 0.05) is 31.9 Å². The lowest BCUT2D eigenvalue weighted by Crippen LogP contribution is -2.41. The van der Waals surface area contributed by atoms with Crippen molar-refractivity contribution in [2.24, 2.45) is 11.1 Å². The van der Waals surface area contributed by atoms with Crippen molar-refractivity contribution in [2.75, 3.05) is 26.4 Å². The predicted octanol–water partition coefficient (Wildman–Crippen LogP) is 1.46. The first-order valence-electron chi connectivity index (χ1n) is 7.38. The van der Waals surface area contributed by atoms with Gasteiger partial charge in [0.05, 0.1) is 0 Å². The second-order valence-corrected chi connectivity index (χ2v) is 5.80. The molecule has 0 saturated carbocycles. The van der Waals surface area contributed by atoms with Crippen LogP contribution in [0.25, 0.3) is 0 Å². The van der Waals surface area contributed by atoms with Crippen LogP contribution in [-0.2, 0) is 16.1 Å². The highest BCUT2D eigenvalue weighted by Crippen LogP contribution is 2.28. The summed E-state index contributed by atoms with van der Waals surface area (Å²) in [6.07, 6.45) is 1.95. The highest BCUT2D eigenvalue weighted by Gasteiger charge is 2.27. The van der Waals surface area contributed by atoms with E-state index < -0.39 is 0 Å². The quantitative estimate of drug-likeness (QED) is 0.832. The van der Waals surface area contributed by atoms with Crippen molar-refractivity contribution in [3.63, 3.8) is 0 Å². The van der Waals surface area contributed by atoms with E-state index in [2.05, 4.69) is 12.2 Å². The molecule has 0 unspecified atom stereocenters. The molecule has 5 nitrogen and oxygen atoms in total. The first-order valence-corrected chi connectivity index (χ1v) is 7.38. The van der Waals surface area contributed by atoms with Crippen molar-refractivity contribution >= 4 is 5.91 Å². The molecule has 1 aromatic rings. The number of nitrogens with two attached hydrogens (primary N) is 1. The Hall–Kier alpha value is -1.59. The third kappa shape index (κ3) is 4.72. The molecule has 21 heavy (non-hydrogen) atoms. The van der Waals surface area contributed by atoms with Crippen LogP contribution in [0.15, 0.2) is 24.3 Å². The highest BCUT2D eigenvalue weighted by molar-refractivity contribution is 5.77. The largest absolute Gasteiger partial charge is 0.483 e. The standard InChI is InChI=1S/C16H24N2O3/c1-16(6-8-20-9-7-16)12-18-15(19)11-21-14-5-3-2-4-13(14)10-17/h2-5H,6-12,17H2,1H3,(H,18,19). The van der Waals surface area contributed by atoms with Crippen LogP contribution in [0.3, 0.4) is 0 Å². The maximum atomic E-state index is 11.9. The fourth-order valence-corrected chi connectivity index (χ4v) is 2.36. The van der Waals surface area contributed by atoms with E-state index in [4.69, 9.17) is 15.2 Å². The highest BCUT2D eigenvalue weighted by atomic mass is 16.5. The number of para-hydroxylation sites is 1. The Labute approximate surface area is 125 Å². The Morgan fingerprint density at radius 1 is 1.38 bits per heavy atom. The number of hydrogen-bond acceptors (Lipinski definition) is 4. The minimum absolute atomic E-state index is 0.0175. The number of carbonyl (C=O) groups is 1. The van der Waals surface area contributed by atoms with Crippen LogP contribution in [0.5, 0.6) is 5.75 Å². The zero-order valence-corrected chi connectivity index (χ0v) is 12.6. The Morgan fingerprint density at radius 3 is 2.81 bits per heavy atom. The summed E-state index contributed by atoms with van der Waals surface area (Å²) in [6, 6.07) is 7.50. The van der Waals surface area contributed by atoms with Gasteiger partial charge >= 0.3 is 0 Å². The molecular formula is C16H24N2O3. The van der Waals surface area contributed by atoms with E-state index >= 15 is 0 Å². The van der Waals surface area contributed by atoms with E-state index in [0.717, 1.165) is 31.6 Å². The van der Waals surface area contributed by atoms with Gasteiger partial charge < -0.3 is 20.5 Å². The lowest BCUT2D eigenvalue weighted by atomic mass is 9.82. The maximum Gasteiger partial charge on any atom is 0.257 e. The molecule has 0 bridgehead atoms. The summed E-state index contributed by atoms with van der Waals surface area (Å²) < 4.78 is 10.9.